The van der Waals surface area contributed by atoms with Crippen LogP contribution < -0.4 is 5.32 Å². The molecule has 0 saturated heterocycles. The molecule has 0 heterocycles. The van der Waals surface area contributed by atoms with Gasteiger partial charge in [0.2, 0.25) is 0 Å². The fraction of sp³-hybridized carbons (Fsp3) is 0.875. The summed E-state index contributed by atoms with van der Waals surface area (Å²) in [5.41, 5.74) is 0. The standard InChI is InChI=1S/C8H17ClN2O2/c1-11(6-2-4-9)7-3-5-10-8(12)13/h10H,2-7H2,1H3,(H,12,13). The van der Waals surface area contributed by atoms with Gasteiger partial charge in [-0.2, -0.15) is 0 Å². The molecule has 0 aliphatic rings. The first-order valence-electron chi connectivity index (χ1n) is 4.38. The van der Waals surface area contributed by atoms with Crippen molar-refractivity contribution in [3.8, 4) is 0 Å². The molecular weight excluding hydrogens is 192 g/mol. The van der Waals surface area contributed by atoms with Crippen LogP contribution in [0.15, 0.2) is 0 Å². The SMILES string of the molecule is CN(CCCCl)CCCNC(=O)O. The van der Waals surface area contributed by atoms with Gasteiger partial charge in [-0.3, -0.25) is 0 Å². The zero-order valence-electron chi connectivity index (χ0n) is 7.92. The first-order chi connectivity index (χ1) is 6.16. The quantitative estimate of drug-likeness (QED) is 0.489. The van der Waals surface area contributed by atoms with E-state index in [4.69, 9.17) is 16.7 Å². The molecule has 0 spiro atoms. The van der Waals surface area contributed by atoms with Gasteiger partial charge >= 0.3 is 6.09 Å². The van der Waals surface area contributed by atoms with Crippen LogP contribution in [0.1, 0.15) is 12.8 Å². The van der Waals surface area contributed by atoms with Gasteiger partial charge in [-0.15, -0.1) is 11.6 Å². The van der Waals surface area contributed by atoms with E-state index in [0.717, 1.165) is 25.9 Å². The Hall–Kier alpha value is -0.480. The minimum Gasteiger partial charge on any atom is -0.465 e. The lowest BCUT2D eigenvalue weighted by Crippen LogP contribution is -2.27. The molecule has 0 saturated carbocycles. The highest BCUT2D eigenvalue weighted by atomic mass is 35.5. The van der Waals surface area contributed by atoms with E-state index in [1.165, 1.54) is 0 Å². The third-order valence-corrected chi connectivity index (χ3v) is 1.93. The van der Waals surface area contributed by atoms with Crippen LogP contribution >= 0.6 is 11.6 Å². The topological polar surface area (TPSA) is 52.6 Å². The Labute approximate surface area is 83.9 Å². The van der Waals surface area contributed by atoms with Gasteiger partial charge in [-0.05, 0) is 33.0 Å². The minimum atomic E-state index is -0.955. The number of rotatable bonds is 7. The number of carbonyl (C=O) groups is 1. The number of nitrogens with one attached hydrogen (secondary N) is 1. The second-order valence-corrected chi connectivity index (χ2v) is 3.31. The highest BCUT2D eigenvalue weighted by Gasteiger charge is 1.98. The monoisotopic (exact) mass is 208 g/mol. The number of carboxylic acid groups (broad SMARTS) is 1. The van der Waals surface area contributed by atoms with Crippen molar-refractivity contribution in [3.63, 3.8) is 0 Å². The summed E-state index contributed by atoms with van der Waals surface area (Å²) in [5.74, 6) is 0.678. The highest BCUT2D eigenvalue weighted by molar-refractivity contribution is 6.17. The maximum Gasteiger partial charge on any atom is 0.404 e. The van der Waals surface area contributed by atoms with E-state index in [0.29, 0.717) is 12.4 Å². The van der Waals surface area contributed by atoms with E-state index in [1.54, 1.807) is 0 Å². The first-order valence-corrected chi connectivity index (χ1v) is 4.91. The maximum absolute atomic E-state index is 10.1. The van der Waals surface area contributed by atoms with Crippen LogP contribution in [0.3, 0.4) is 0 Å². The molecule has 0 aromatic carbocycles. The molecule has 0 unspecified atom stereocenters. The van der Waals surface area contributed by atoms with Gasteiger partial charge in [0.1, 0.15) is 0 Å². The zero-order valence-corrected chi connectivity index (χ0v) is 8.68. The van der Waals surface area contributed by atoms with Crippen molar-refractivity contribution in [1.82, 2.24) is 10.2 Å². The first kappa shape index (κ1) is 12.5. The molecule has 0 atom stereocenters. The van der Waals surface area contributed by atoms with Gasteiger partial charge in [0.05, 0.1) is 0 Å². The van der Waals surface area contributed by atoms with Gasteiger partial charge in [-0.25, -0.2) is 4.79 Å². The lowest BCUT2D eigenvalue weighted by Gasteiger charge is -2.15. The number of alkyl halides is 1. The summed E-state index contributed by atoms with van der Waals surface area (Å²) in [6, 6.07) is 0. The largest absolute Gasteiger partial charge is 0.465 e. The number of halogens is 1. The summed E-state index contributed by atoms with van der Waals surface area (Å²) < 4.78 is 0. The van der Waals surface area contributed by atoms with E-state index in [1.807, 2.05) is 7.05 Å². The summed E-state index contributed by atoms with van der Waals surface area (Å²) in [6.45, 7) is 2.38. The fourth-order valence-corrected chi connectivity index (χ4v) is 1.11. The van der Waals surface area contributed by atoms with E-state index >= 15 is 0 Å². The average molecular weight is 209 g/mol. The zero-order chi connectivity index (χ0) is 10.1. The summed E-state index contributed by atoms with van der Waals surface area (Å²) in [7, 11) is 2.01. The molecule has 0 bridgehead atoms. The average Bonchev–Trinajstić information content (AvgIpc) is 2.08. The molecule has 4 nitrogen and oxygen atoms in total. The van der Waals surface area contributed by atoms with Crippen molar-refractivity contribution in [2.45, 2.75) is 12.8 Å². The maximum atomic E-state index is 10.1. The summed E-state index contributed by atoms with van der Waals surface area (Å²) >= 11 is 5.53. The number of hydrogen-bond acceptors (Lipinski definition) is 2. The summed E-state index contributed by atoms with van der Waals surface area (Å²) in [5, 5.41) is 10.6. The molecule has 0 aromatic rings. The van der Waals surface area contributed by atoms with Gasteiger partial charge in [0.15, 0.2) is 0 Å². The second kappa shape index (κ2) is 8.13. The van der Waals surface area contributed by atoms with Crippen molar-refractivity contribution >= 4 is 17.7 Å². The second-order valence-electron chi connectivity index (χ2n) is 2.93. The van der Waals surface area contributed by atoms with Crippen molar-refractivity contribution in [2.75, 3.05) is 32.6 Å². The molecular formula is C8H17ClN2O2. The number of nitrogens with zero attached hydrogens (tertiary/aromatic N) is 1. The molecule has 0 aliphatic carbocycles. The lowest BCUT2D eigenvalue weighted by molar-refractivity contribution is 0.193. The third kappa shape index (κ3) is 9.43. The van der Waals surface area contributed by atoms with Gasteiger partial charge in [-0.1, -0.05) is 0 Å². The van der Waals surface area contributed by atoms with E-state index in [-0.39, 0.29) is 0 Å². The lowest BCUT2D eigenvalue weighted by atomic mass is 10.3. The molecule has 0 fully saturated rings. The van der Waals surface area contributed by atoms with Gasteiger partial charge < -0.3 is 15.3 Å². The molecule has 0 aromatic heterocycles. The van der Waals surface area contributed by atoms with Crippen molar-refractivity contribution in [1.29, 1.82) is 0 Å². The molecule has 1 amide bonds. The molecule has 5 heteroatoms. The van der Waals surface area contributed by atoms with E-state index in [9.17, 15) is 4.79 Å². The fourth-order valence-electron chi connectivity index (χ4n) is 0.986. The summed E-state index contributed by atoms with van der Waals surface area (Å²) in [4.78, 5) is 12.2. The van der Waals surface area contributed by atoms with Crippen molar-refractivity contribution in [3.05, 3.63) is 0 Å². The summed E-state index contributed by atoms with van der Waals surface area (Å²) in [6.07, 6.45) is 0.860. The number of hydrogen-bond donors (Lipinski definition) is 2. The Morgan fingerprint density at radius 1 is 1.46 bits per heavy atom. The Morgan fingerprint density at radius 3 is 2.62 bits per heavy atom. The van der Waals surface area contributed by atoms with Gasteiger partial charge in [0.25, 0.3) is 0 Å². The number of amides is 1. The van der Waals surface area contributed by atoms with Crippen LogP contribution in [0.5, 0.6) is 0 Å². The van der Waals surface area contributed by atoms with E-state index < -0.39 is 6.09 Å². The smallest absolute Gasteiger partial charge is 0.404 e. The van der Waals surface area contributed by atoms with E-state index in [2.05, 4.69) is 10.2 Å². The van der Waals surface area contributed by atoms with Crippen LogP contribution in [-0.2, 0) is 0 Å². The Kier molecular flexibility index (Phi) is 7.83. The normalized spacial score (nSPS) is 10.4. The Bertz CT molecular complexity index is 144. The molecule has 0 radical (unpaired) electrons. The van der Waals surface area contributed by atoms with Crippen molar-refractivity contribution < 1.29 is 9.90 Å². The van der Waals surface area contributed by atoms with Crippen LogP contribution in [0.2, 0.25) is 0 Å². The molecule has 0 rings (SSSR count). The predicted molar refractivity (Wildman–Crippen MR) is 53.5 cm³/mol. The molecule has 78 valence electrons. The van der Waals surface area contributed by atoms with Crippen LogP contribution in [-0.4, -0.2) is 48.7 Å². The van der Waals surface area contributed by atoms with Gasteiger partial charge in [0, 0.05) is 12.4 Å². The van der Waals surface area contributed by atoms with Crippen LogP contribution in [0.4, 0.5) is 4.79 Å². The molecule has 0 aliphatic heterocycles. The van der Waals surface area contributed by atoms with Crippen molar-refractivity contribution in [2.24, 2.45) is 0 Å². The van der Waals surface area contributed by atoms with Crippen LogP contribution in [0, 0.1) is 0 Å². The van der Waals surface area contributed by atoms with Crippen LogP contribution in [0.25, 0.3) is 0 Å². The Balaban J connectivity index is 3.16. The minimum absolute atomic E-state index is 0.514. The Morgan fingerprint density at radius 2 is 2.08 bits per heavy atom. The third-order valence-electron chi connectivity index (χ3n) is 1.67. The predicted octanol–water partition coefficient (Wildman–Crippen LogP) is 1.20. The molecule has 13 heavy (non-hydrogen) atoms. The highest BCUT2D eigenvalue weighted by Crippen LogP contribution is 1.91. The molecule has 2 N–H and O–H groups in total.